The zero-order chi connectivity index (χ0) is 23.2. The van der Waals surface area contributed by atoms with Crippen molar-refractivity contribution in [3.8, 4) is 5.88 Å². The SMILES string of the molecule is Cn1c2ccccc2c2nn3c(=O)c(Cc4ccccc4)c(O)[n+](Cc4ccccc4)c3nc21. The molecule has 0 aliphatic heterocycles. The smallest absolute Gasteiger partial charge is 0.431 e. The first kappa shape index (κ1) is 20.1. The fraction of sp³-hybridized carbons (Fsp3) is 0.111. The van der Waals surface area contributed by atoms with E-state index in [1.54, 1.807) is 4.57 Å². The number of aryl methyl sites for hydroxylation is 1. The maximum atomic E-state index is 13.6. The van der Waals surface area contributed by atoms with Gasteiger partial charge in [0, 0.05) is 18.9 Å². The molecule has 0 bridgehead atoms. The lowest BCUT2D eigenvalue weighted by atomic mass is 10.1. The summed E-state index contributed by atoms with van der Waals surface area (Å²) >= 11 is 0. The van der Waals surface area contributed by atoms with Gasteiger partial charge in [-0.05, 0) is 22.2 Å². The zero-order valence-electron chi connectivity index (χ0n) is 18.6. The molecule has 6 aromatic rings. The van der Waals surface area contributed by atoms with Gasteiger partial charge < -0.3 is 9.67 Å². The molecule has 34 heavy (non-hydrogen) atoms. The highest BCUT2D eigenvalue weighted by atomic mass is 16.3. The van der Waals surface area contributed by atoms with Crippen molar-refractivity contribution >= 4 is 27.8 Å². The standard InChI is InChI=1S/C27H21N5O2/c1-30-22-15-9-8-14-20(22)23-24(30)28-27-31(17-19-12-6-3-7-13-19)25(33)21(26(34)32(27)29-23)16-18-10-4-2-5-11-18/h2-15H,16-17H2,1H3/p+1. The van der Waals surface area contributed by atoms with Crippen molar-refractivity contribution in [2.24, 2.45) is 7.05 Å². The molecule has 0 radical (unpaired) electrons. The first-order chi connectivity index (χ1) is 16.6. The predicted molar refractivity (Wildman–Crippen MR) is 130 cm³/mol. The van der Waals surface area contributed by atoms with Crippen molar-refractivity contribution in [1.82, 2.24) is 19.2 Å². The Morgan fingerprint density at radius 1 is 0.882 bits per heavy atom. The van der Waals surface area contributed by atoms with Crippen LogP contribution in [0.3, 0.4) is 0 Å². The number of benzene rings is 3. The van der Waals surface area contributed by atoms with Crippen LogP contribution < -0.4 is 10.1 Å². The minimum Gasteiger partial charge on any atom is -0.483 e. The van der Waals surface area contributed by atoms with Gasteiger partial charge in [0.15, 0.2) is 5.52 Å². The van der Waals surface area contributed by atoms with Crippen LogP contribution >= 0.6 is 0 Å². The summed E-state index contributed by atoms with van der Waals surface area (Å²) in [5.41, 5.74) is 4.10. The monoisotopic (exact) mass is 448 g/mol. The van der Waals surface area contributed by atoms with Gasteiger partial charge >= 0.3 is 11.3 Å². The van der Waals surface area contributed by atoms with Crippen LogP contribution in [0.15, 0.2) is 89.7 Å². The van der Waals surface area contributed by atoms with Gasteiger partial charge in [0.25, 0.3) is 5.88 Å². The Labute approximate surface area is 194 Å². The molecule has 0 amide bonds. The van der Waals surface area contributed by atoms with E-state index in [0.29, 0.717) is 29.9 Å². The minimum absolute atomic E-state index is 0.0925. The van der Waals surface area contributed by atoms with Crippen molar-refractivity contribution in [1.29, 1.82) is 0 Å². The van der Waals surface area contributed by atoms with E-state index in [2.05, 4.69) is 0 Å². The Hall–Kier alpha value is -4.52. The van der Waals surface area contributed by atoms with E-state index in [9.17, 15) is 9.90 Å². The molecule has 3 heterocycles. The third-order valence-electron chi connectivity index (χ3n) is 6.27. The number of hydrogen-bond donors (Lipinski definition) is 1. The number of aromatic hydroxyl groups is 1. The number of fused-ring (bicyclic) bond motifs is 4. The van der Waals surface area contributed by atoms with Crippen LogP contribution in [0.1, 0.15) is 16.7 Å². The van der Waals surface area contributed by atoms with E-state index >= 15 is 0 Å². The van der Waals surface area contributed by atoms with Crippen LogP contribution in [-0.4, -0.2) is 24.3 Å². The molecule has 0 saturated heterocycles. The first-order valence-corrected chi connectivity index (χ1v) is 11.1. The third kappa shape index (κ3) is 3.13. The molecular formula is C27H22N5O2+. The van der Waals surface area contributed by atoms with Crippen LogP contribution in [0.2, 0.25) is 0 Å². The lowest BCUT2D eigenvalue weighted by Crippen LogP contribution is -2.43. The van der Waals surface area contributed by atoms with E-state index in [0.717, 1.165) is 22.0 Å². The average Bonchev–Trinajstić information content (AvgIpc) is 3.16. The number of para-hydroxylation sites is 1. The Kier molecular flexibility index (Phi) is 4.62. The molecular weight excluding hydrogens is 426 g/mol. The van der Waals surface area contributed by atoms with E-state index in [4.69, 9.17) is 10.1 Å². The molecule has 3 aromatic carbocycles. The summed E-state index contributed by atoms with van der Waals surface area (Å²) in [6, 6.07) is 27.3. The summed E-state index contributed by atoms with van der Waals surface area (Å²) in [5, 5.41) is 17.0. The first-order valence-electron chi connectivity index (χ1n) is 11.1. The lowest BCUT2D eigenvalue weighted by molar-refractivity contribution is -0.674. The highest BCUT2D eigenvalue weighted by molar-refractivity contribution is 6.04. The average molecular weight is 449 g/mol. The molecule has 166 valence electrons. The summed E-state index contributed by atoms with van der Waals surface area (Å²) in [4.78, 5) is 18.5. The van der Waals surface area contributed by atoms with Crippen LogP contribution in [0.5, 0.6) is 5.88 Å². The van der Waals surface area contributed by atoms with E-state index < -0.39 is 0 Å². The Balaban J connectivity index is 1.69. The summed E-state index contributed by atoms with van der Waals surface area (Å²) in [6.45, 7) is 0.350. The molecule has 0 aliphatic rings. The van der Waals surface area contributed by atoms with Gasteiger partial charge in [-0.2, -0.15) is 4.57 Å². The van der Waals surface area contributed by atoms with Crippen molar-refractivity contribution in [3.05, 3.63) is 112 Å². The van der Waals surface area contributed by atoms with Gasteiger partial charge in [-0.1, -0.05) is 88.5 Å². The number of nitrogens with zero attached hydrogens (tertiary/aromatic N) is 5. The second kappa shape index (κ2) is 7.81. The molecule has 0 saturated carbocycles. The molecule has 7 nitrogen and oxygen atoms in total. The molecule has 0 fully saturated rings. The van der Waals surface area contributed by atoms with Crippen LogP contribution in [0.25, 0.3) is 27.8 Å². The summed E-state index contributed by atoms with van der Waals surface area (Å²) in [6.07, 6.45) is 0.290. The van der Waals surface area contributed by atoms with E-state index in [-0.39, 0.29) is 17.0 Å². The zero-order valence-corrected chi connectivity index (χ0v) is 18.6. The maximum Gasteiger partial charge on any atom is 0.431 e. The summed E-state index contributed by atoms with van der Waals surface area (Å²) in [7, 11) is 1.93. The largest absolute Gasteiger partial charge is 0.483 e. The molecule has 0 aliphatic carbocycles. The molecule has 3 aromatic heterocycles. The molecule has 1 N–H and O–H groups in total. The highest BCUT2D eigenvalue weighted by Crippen LogP contribution is 2.25. The fourth-order valence-electron chi connectivity index (χ4n) is 4.53. The minimum atomic E-state index is -0.372. The maximum absolute atomic E-state index is 13.6. The van der Waals surface area contributed by atoms with Crippen LogP contribution in [0.4, 0.5) is 0 Å². The number of rotatable bonds is 4. The Morgan fingerprint density at radius 3 is 2.26 bits per heavy atom. The van der Waals surface area contributed by atoms with Gasteiger partial charge in [-0.25, -0.2) is 4.79 Å². The second-order valence-corrected chi connectivity index (χ2v) is 8.41. The van der Waals surface area contributed by atoms with Gasteiger partial charge in [0.2, 0.25) is 5.65 Å². The Bertz CT molecular complexity index is 1740. The fourth-order valence-corrected chi connectivity index (χ4v) is 4.53. The van der Waals surface area contributed by atoms with Gasteiger partial charge in [0.05, 0.1) is 5.52 Å². The molecule has 0 spiro atoms. The quantitative estimate of drug-likeness (QED) is 0.420. The second-order valence-electron chi connectivity index (χ2n) is 8.41. The van der Waals surface area contributed by atoms with Gasteiger partial charge in [-0.3, -0.25) is 0 Å². The highest BCUT2D eigenvalue weighted by Gasteiger charge is 2.28. The third-order valence-corrected chi connectivity index (χ3v) is 6.27. The summed E-state index contributed by atoms with van der Waals surface area (Å²) in [5.74, 6) is 0.201. The van der Waals surface area contributed by atoms with Crippen LogP contribution in [0, 0.1) is 0 Å². The molecule has 0 atom stereocenters. The topological polar surface area (TPSA) is 76.3 Å². The van der Waals surface area contributed by atoms with Gasteiger partial charge in [0.1, 0.15) is 12.1 Å². The number of aromatic nitrogens is 5. The Morgan fingerprint density at radius 2 is 1.53 bits per heavy atom. The summed E-state index contributed by atoms with van der Waals surface area (Å²) < 4.78 is 4.96. The normalized spacial score (nSPS) is 11.6. The molecule has 6 rings (SSSR count). The van der Waals surface area contributed by atoms with E-state index in [1.807, 2.05) is 96.5 Å². The number of hydrogen-bond acceptors (Lipinski definition) is 4. The van der Waals surface area contributed by atoms with Crippen molar-refractivity contribution in [2.45, 2.75) is 13.0 Å². The molecule has 7 heteroatoms. The van der Waals surface area contributed by atoms with E-state index in [1.165, 1.54) is 4.52 Å². The lowest BCUT2D eigenvalue weighted by Gasteiger charge is -2.10. The van der Waals surface area contributed by atoms with Gasteiger partial charge in [-0.15, -0.1) is 0 Å². The molecule has 0 unspecified atom stereocenters. The predicted octanol–water partition coefficient (Wildman–Crippen LogP) is 3.37. The van der Waals surface area contributed by atoms with Crippen LogP contribution in [-0.2, 0) is 20.0 Å². The van der Waals surface area contributed by atoms with Crippen molar-refractivity contribution in [3.63, 3.8) is 0 Å². The van der Waals surface area contributed by atoms with Crippen molar-refractivity contribution < 1.29 is 9.67 Å². The van der Waals surface area contributed by atoms with Crippen molar-refractivity contribution in [2.75, 3.05) is 0 Å².